The van der Waals surface area contributed by atoms with Crippen LogP contribution in [0.15, 0.2) is 6.07 Å². The fourth-order valence-corrected chi connectivity index (χ4v) is 3.32. The summed E-state index contributed by atoms with van der Waals surface area (Å²) in [6, 6.07) is 1.89. The van der Waals surface area contributed by atoms with Gasteiger partial charge in [-0.05, 0) is 44.2 Å². The van der Waals surface area contributed by atoms with Crippen molar-refractivity contribution in [1.82, 2.24) is 40.4 Å². The lowest BCUT2D eigenvalue weighted by Crippen LogP contribution is -2.45. The molecule has 0 aromatic carbocycles. The van der Waals surface area contributed by atoms with Gasteiger partial charge in [-0.15, -0.1) is 5.10 Å². The van der Waals surface area contributed by atoms with Gasteiger partial charge in [0.2, 0.25) is 5.91 Å². The zero-order valence-electron chi connectivity index (χ0n) is 16.2. The summed E-state index contributed by atoms with van der Waals surface area (Å²) in [7, 11) is 0. The van der Waals surface area contributed by atoms with Gasteiger partial charge < -0.3 is 10.1 Å². The molecular formula is C17H26N8O2. The average Bonchev–Trinajstić information content (AvgIpc) is 2.98. The smallest absolute Gasteiger partial charge is 0.242 e. The van der Waals surface area contributed by atoms with Crippen molar-refractivity contribution in [3.63, 3.8) is 0 Å². The Bertz CT molecular complexity index is 763. The first-order chi connectivity index (χ1) is 12.9. The summed E-state index contributed by atoms with van der Waals surface area (Å²) in [4.78, 5) is 23.2. The molecule has 2 aromatic rings. The first-order valence-electron chi connectivity index (χ1n) is 9.09. The molecule has 1 amide bonds. The second kappa shape index (κ2) is 8.49. The number of aryl methyl sites for hydroxylation is 2. The molecule has 10 heteroatoms. The molecule has 1 fully saturated rings. The predicted molar refractivity (Wildman–Crippen MR) is 96.5 cm³/mol. The Hall–Kier alpha value is -2.46. The van der Waals surface area contributed by atoms with E-state index in [1.54, 1.807) is 0 Å². The topological polar surface area (TPSA) is 111 Å². The van der Waals surface area contributed by atoms with E-state index >= 15 is 0 Å². The van der Waals surface area contributed by atoms with Crippen LogP contribution in [0, 0.1) is 13.8 Å². The number of carbonyl (C=O) groups is 1. The van der Waals surface area contributed by atoms with Gasteiger partial charge in [-0.1, -0.05) is 0 Å². The van der Waals surface area contributed by atoms with Crippen LogP contribution in [0.4, 0.5) is 0 Å². The highest BCUT2D eigenvalue weighted by Crippen LogP contribution is 2.12. The van der Waals surface area contributed by atoms with E-state index < -0.39 is 0 Å². The second-order valence-electron chi connectivity index (χ2n) is 7.05. The van der Waals surface area contributed by atoms with Gasteiger partial charge >= 0.3 is 0 Å². The molecule has 0 radical (unpaired) electrons. The number of nitrogens with zero attached hydrogens (tertiary/aromatic N) is 7. The molecule has 1 saturated heterocycles. The SMILES string of the molecule is Cc1cc(C)nc(CNC(=O)Cn2nnnc2CN2C[C@H](C)O[C@@H](C)C2)n1. The fraction of sp³-hybridized carbons (Fsp3) is 0.647. The zero-order chi connectivity index (χ0) is 19.4. The van der Waals surface area contributed by atoms with Crippen LogP contribution in [0.25, 0.3) is 0 Å². The fourth-order valence-electron chi connectivity index (χ4n) is 3.32. The van der Waals surface area contributed by atoms with Crippen molar-refractivity contribution in [2.45, 2.75) is 59.5 Å². The number of amides is 1. The Balaban J connectivity index is 1.55. The molecule has 27 heavy (non-hydrogen) atoms. The van der Waals surface area contributed by atoms with Crippen molar-refractivity contribution < 1.29 is 9.53 Å². The van der Waals surface area contributed by atoms with E-state index in [4.69, 9.17) is 4.74 Å². The van der Waals surface area contributed by atoms with E-state index in [9.17, 15) is 4.79 Å². The standard InChI is InChI=1S/C17H26N8O2/c1-11-5-12(2)20-15(19-11)6-18-17(26)10-25-16(21-22-23-25)9-24-7-13(3)27-14(4)8-24/h5,13-14H,6-10H2,1-4H3,(H,18,26)/t13-,14-/m0/s1. The number of hydrogen-bond donors (Lipinski definition) is 1. The molecule has 1 aliphatic heterocycles. The minimum Gasteiger partial charge on any atom is -0.373 e. The summed E-state index contributed by atoms with van der Waals surface area (Å²) >= 11 is 0. The summed E-state index contributed by atoms with van der Waals surface area (Å²) in [5, 5.41) is 14.6. The van der Waals surface area contributed by atoms with Crippen LogP contribution < -0.4 is 5.32 Å². The van der Waals surface area contributed by atoms with Gasteiger partial charge in [-0.3, -0.25) is 9.69 Å². The Morgan fingerprint density at radius 2 is 1.89 bits per heavy atom. The van der Waals surface area contributed by atoms with Crippen LogP contribution in [-0.4, -0.2) is 66.3 Å². The number of hydrogen-bond acceptors (Lipinski definition) is 8. The Morgan fingerprint density at radius 3 is 2.56 bits per heavy atom. The quantitative estimate of drug-likeness (QED) is 0.752. The van der Waals surface area contributed by atoms with Gasteiger partial charge in [0, 0.05) is 24.5 Å². The Kier molecular flexibility index (Phi) is 6.07. The molecular weight excluding hydrogens is 348 g/mol. The molecule has 0 spiro atoms. The summed E-state index contributed by atoms with van der Waals surface area (Å²) in [5.74, 6) is 1.07. The summed E-state index contributed by atoms with van der Waals surface area (Å²) in [6.07, 6.45) is 0.332. The predicted octanol–water partition coefficient (Wildman–Crippen LogP) is 0.00554. The molecule has 3 heterocycles. The van der Waals surface area contributed by atoms with Crippen molar-refractivity contribution in [2.24, 2.45) is 0 Å². The van der Waals surface area contributed by atoms with Crippen LogP contribution >= 0.6 is 0 Å². The third-order valence-corrected chi connectivity index (χ3v) is 4.23. The van der Waals surface area contributed by atoms with Crippen molar-refractivity contribution in [3.05, 3.63) is 29.1 Å². The van der Waals surface area contributed by atoms with Crippen molar-refractivity contribution in [3.8, 4) is 0 Å². The van der Waals surface area contributed by atoms with E-state index in [0.29, 0.717) is 18.2 Å². The Morgan fingerprint density at radius 1 is 1.22 bits per heavy atom. The highest BCUT2D eigenvalue weighted by atomic mass is 16.5. The van der Waals surface area contributed by atoms with Gasteiger partial charge in [0.05, 0.1) is 25.3 Å². The van der Waals surface area contributed by atoms with E-state index in [2.05, 4.69) is 35.7 Å². The lowest BCUT2D eigenvalue weighted by Gasteiger charge is -2.34. The van der Waals surface area contributed by atoms with Crippen molar-refractivity contribution in [2.75, 3.05) is 13.1 Å². The molecule has 2 aromatic heterocycles. The number of tetrazole rings is 1. The molecule has 0 unspecified atom stereocenters. The molecule has 0 saturated carbocycles. The minimum absolute atomic E-state index is 0.0581. The maximum atomic E-state index is 12.3. The highest BCUT2D eigenvalue weighted by molar-refractivity contribution is 5.75. The van der Waals surface area contributed by atoms with Crippen LogP contribution in [0.3, 0.4) is 0 Å². The number of rotatable bonds is 6. The van der Waals surface area contributed by atoms with Gasteiger partial charge in [0.25, 0.3) is 0 Å². The molecule has 1 aliphatic rings. The van der Waals surface area contributed by atoms with Crippen LogP contribution in [-0.2, 0) is 29.2 Å². The summed E-state index contributed by atoms with van der Waals surface area (Å²) in [5.41, 5.74) is 1.76. The maximum Gasteiger partial charge on any atom is 0.242 e. The second-order valence-corrected chi connectivity index (χ2v) is 7.05. The van der Waals surface area contributed by atoms with Gasteiger partial charge in [0.15, 0.2) is 5.82 Å². The largest absolute Gasteiger partial charge is 0.373 e. The number of ether oxygens (including phenoxy) is 1. The third kappa shape index (κ3) is 5.51. The number of morpholine rings is 1. The first kappa shape index (κ1) is 19.3. The highest BCUT2D eigenvalue weighted by Gasteiger charge is 2.24. The summed E-state index contributed by atoms with van der Waals surface area (Å²) < 4.78 is 7.28. The van der Waals surface area contributed by atoms with Crippen molar-refractivity contribution in [1.29, 1.82) is 0 Å². The molecule has 1 N–H and O–H groups in total. The van der Waals surface area contributed by atoms with E-state index in [1.165, 1.54) is 4.68 Å². The monoisotopic (exact) mass is 374 g/mol. The molecule has 0 bridgehead atoms. The molecule has 10 nitrogen and oxygen atoms in total. The van der Waals surface area contributed by atoms with E-state index in [-0.39, 0.29) is 31.2 Å². The molecule has 146 valence electrons. The van der Waals surface area contributed by atoms with Gasteiger partial charge in [-0.2, -0.15) is 0 Å². The number of carbonyl (C=O) groups excluding carboxylic acids is 1. The molecule has 2 atom stereocenters. The maximum absolute atomic E-state index is 12.3. The zero-order valence-corrected chi connectivity index (χ0v) is 16.2. The first-order valence-corrected chi connectivity index (χ1v) is 9.09. The lowest BCUT2D eigenvalue weighted by molar-refractivity contribution is -0.122. The normalized spacial score (nSPS) is 20.6. The summed E-state index contributed by atoms with van der Waals surface area (Å²) in [6.45, 7) is 10.4. The molecule has 0 aliphatic carbocycles. The number of aromatic nitrogens is 6. The van der Waals surface area contributed by atoms with E-state index in [0.717, 1.165) is 24.5 Å². The van der Waals surface area contributed by atoms with Crippen LogP contribution in [0.5, 0.6) is 0 Å². The van der Waals surface area contributed by atoms with Crippen LogP contribution in [0.2, 0.25) is 0 Å². The number of nitrogens with one attached hydrogen (secondary N) is 1. The van der Waals surface area contributed by atoms with E-state index in [1.807, 2.05) is 33.8 Å². The average molecular weight is 374 g/mol. The minimum atomic E-state index is -0.185. The van der Waals surface area contributed by atoms with Gasteiger partial charge in [-0.25, -0.2) is 14.6 Å². The third-order valence-electron chi connectivity index (χ3n) is 4.23. The molecule has 3 rings (SSSR count). The lowest BCUT2D eigenvalue weighted by atomic mass is 10.2. The van der Waals surface area contributed by atoms with Crippen LogP contribution in [0.1, 0.15) is 36.9 Å². The Labute approximate surface area is 158 Å². The van der Waals surface area contributed by atoms with Gasteiger partial charge in [0.1, 0.15) is 12.4 Å². The van der Waals surface area contributed by atoms with Crippen molar-refractivity contribution >= 4 is 5.91 Å².